The van der Waals surface area contributed by atoms with E-state index < -0.39 is 16.1 Å². The summed E-state index contributed by atoms with van der Waals surface area (Å²) in [5.74, 6) is 0.675. The first-order chi connectivity index (χ1) is 14.8. The molecule has 2 aromatic carbocycles. The first-order valence-electron chi connectivity index (χ1n) is 9.89. The number of hydrogen-bond donors (Lipinski definition) is 3. The van der Waals surface area contributed by atoms with Crippen molar-refractivity contribution < 1.29 is 18.3 Å². The summed E-state index contributed by atoms with van der Waals surface area (Å²) >= 11 is 11.9. The number of ether oxygens (including phenoxy) is 1. The number of nitrogens with one attached hydrogen (secondary N) is 2. The second-order valence-electron chi connectivity index (χ2n) is 7.42. The summed E-state index contributed by atoms with van der Waals surface area (Å²) in [6.45, 7) is 1.74. The molecule has 1 fully saturated rings. The van der Waals surface area contributed by atoms with E-state index in [0.717, 1.165) is 32.1 Å². The van der Waals surface area contributed by atoms with Crippen LogP contribution in [-0.4, -0.2) is 63.0 Å². The molecule has 31 heavy (non-hydrogen) atoms. The molecule has 1 atom stereocenters. The van der Waals surface area contributed by atoms with Crippen LogP contribution in [0.5, 0.6) is 5.75 Å². The first kappa shape index (κ1) is 24.0. The summed E-state index contributed by atoms with van der Waals surface area (Å²) < 4.78 is 33.2. The molecule has 1 aliphatic rings. The average Bonchev–Trinajstić information content (AvgIpc) is 2.76. The predicted molar refractivity (Wildman–Crippen MR) is 122 cm³/mol. The molecule has 0 amide bonds. The van der Waals surface area contributed by atoms with Crippen LogP contribution in [0.4, 0.5) is 0 Å². The maximum atomic E-state index is 12.4. The third kappa shape index (κ3) is 6.90. The second kappa shape index (κ2) is 10.8. The Kier molecular flexibility index (Phi) is 8.32. The smallest absolute Gasteiger partial charge is 0.240 e. The van der Waals surface area contributed by atoms with Crippen molar-refractivity contribution in [2.24, 2.45) is 0 Å². The summed E-state index contributed by atoms with van der Waals surface area (Å²) in [6.07, 6.45) is 1.87. The average molecular weight is 486 g/mol. The molecule has 2 aromatic rings. The molecular weight excluding hydrogens is 461 g/mol. The van der Waals surface area contributed by atoms with Crippen LogP contribution in [0.15, 0.2) is 47.4 Å². The van der Waals surface area contributed by atoms with E-state index >= 15 is 0 Å². The fourth-order valence-electron chi connectivity index (χ4n) is 3.38. The Hall–Kier alpha value is -1.68. The van der Waals surface area contributed by atoms with Crippen LogP contribution in [-0.2, 0) is 10.0 Å². The number of aliphatic hydroxyl groups excluding tert-OH is 1. The molecule has 3 rings (SSSR count). The van der Waals surface area contributed by atoms with Gasteiger partial charge in [0, 0.05) is 38.5 Å². The zero-order chi connectivity index (χ0) is 22.4. The number of sulfonamides is 1. The lowest BCUT2D eigenvalue weighted by atomic mass is 10.1. The standard InChI is InChI=1S/C21H25Cl2N3O4S/c22-20-5-4-18(11-21(20)23)30-17-6-8-26(9-7-17)14-16(27)13-25-31(28,29)19-3-1-2-15(10-19)12-24/h1-5,10-12,16-17,24-25,27H,6-9,13-14H2/t16-/m1/s1. The molecule has 1 aliphatic heterocycles. The van der Waals surface area contributed by atoms with E-state index in [1.54, 1.807) is 30.3 Å². The molecule has 0 radical (unpaired) electrons. The molecule has 7 nitrogen and oxygen atoms in total. The molecule has 1 saturated heterocycles. The molecule has 1 heterocycles. The first-order valence-corrected chi connectivity index (χ1v) is 12.1. The van der Waals surface area contributed by atoms with Crippen molar-refractivity contribution in [1.29, 1.82) is 5.41 Å². The lowest BCUT2D eigenvalue weighted by Gasteiger charge is -2.33. The summed E-state index contributed by atoms with van der Waals surface area (Å²) in [5, 5.41) is 18.5. The van der Waals surface area contributed by atoms with Gasteiger partial charge >= 0.3 is 0 Å². The van der Waals surface area contributed by atoms with Crippen LogP contribution in [0.2, 0.25) is 10.0 Å². The second-order valence-corrected chi connectivity index (χ2v) is 10.00. The predicted octanol–water partition coefficient (Wildman–Crippen LogP) is 3.17. The number of β-amino-alcohol motifs (C(OH)–C–C–N with tert-alkyl or cyclic N) is 1. The van der Waals surface area contributed by atoms with Gasteiger partial charge in [-0.25, -0.2) is 13.1 Å². The molecule has 168 valence electrons. The summed E-state index contributed by atoms with van der Waals surface area (Å²) in [4.78, 5) is 2.16. The molecule has 0 unspecified atom stereocenters. The Morgan fingerprint density at radius 1 is 1.19 bits per heavy atom. The van der Waals surface area contributed by atoms with Crippen LogP contribution >= 0.6 is 23.2 Å². The van der Waals surface area contributed by atoms with E-state index in [1.165, 1.54) is 12.1 Å². The van der Waals surface area contributed by atoms with Crippen molar-refractivity contribution in [1.82, 2.24) is 9.62 Å². The molecule has 0 spiro atoms. The Balaban J connectivity index is 1.43. The molecule has 0 aromatic heterocycles. The van der Waals surface area contributed by atoms with Gasteiger partial charge in [0.05, 0.1) is 21.0 Å². The molecule has 0 bridgehead atoms. The van der Waals surface area contributed by atoms with Gasteiger partial charge in [-0.05, 0) is 42.7 Å². The van der Waals surface area contributed by atoms with E-state index in [4.69, 9.17) is 33.3 Å². The zero-order valence-electron chi connectivity index (χ0n) is 16.8. The molecular formula is C21H25Cl2N3O4S. The fraction of sp³-hybridized carbons (Fsp3) is 0.381. The number of aliphatic hydroxyl groups is 1. The van der Waals surface area contributed by atoms with E-state index in [9.17, 15) is 13.5 Å². The van der Waals surface area contributed by atoms with E-state index in [2.05, 4.69) is 9.62 Å². The Labute approximate surface area is 192 Å². The summed E-state index contributed by atoms with van der Waals surface area (Å²) in [7, 11) is -3.75. The van der Waals surface area contributed by atoms with Crippen LogP contribution in [0, 0.1) is 5.41 Å². The fourth-order valence-corrected chi connectivity index (χ4v) is 4.79. The Morgan fingerprint density at radius 3 is 2.61 bits per heavy atom. The van der Waals surface area contributed by atoms with Crippen LogP contribution in [0.3, 0.4) is 0 Å². The van der Waals surface area contributed by atoms with Crippen molar-refractivity contribution in [3.63, 3.8) is 0 Å². The minimum Gasteiger partial charge on any atom is -0.490 e. The number of rotatable bonds is 9. The number of hydrogen-bond acceptors (Lipinski definition) is 6. The lowest BCUT2D eigenvalue weighted by Crippen LogP contribution is -2.45. The summed E-state index contributed by atoms with van der Waals surface area (Å²) in [5.41, 5.74) is 0.495. The highest BCUT2D eigenvalue weighted by molar-refractivity contribution is 7.89. The van der Waals surface area contributed by atoms with Crippen LogP contribution in [0.1, 0.15) is 18.4 Å². The van der Waals surface area contributed by atoms with Crippen molar-refractivity contribution in [2.45, 2.75) is 29.9 Å². The van der Waals surface area contributed by atoms with E-state index in [0.29, 0.717) is 27.9 Å². The number of benzene rings is 2. The van der Waals surface area contributed by atoms with Gasteiger partial charge in [0.25, 0.3) is 0 Å². The van der Waals surface area contributed by atoms with Crippen LogP contribution < -0.4 is 9.46 Å². The maximum Gasteiger partial charge on any atom is 0.240 e. The topological polar surface area (TPSA) is 103 Å². The highest BCUT2D eigenvalue weighted by Gasteiger charge is 2.23. The normalized spacial score (nSPS) is 16.7. The SMILES string of the molecule is N=Cc1cccc(S(=O)(=O)NC[C@@H](O)CN2CCC(Oc3ccc(Cl)c(Cl)c3)CC2)c1. The zero-order valence-corrected chi connectivity index (χ0v) is 19.1. The van der Waals surface area contributed by atoms with Crippen molar-refractivity contribution >= 4 is 39.4 Å². The lowest BCUT2D eigenvalue weighted by molar-refractivity contribution is 0.0630. The quantitative estimate of drug-likeness (QED) is 0.473. The van der Waals surface area contributed by atoms with Gasteiger partial charge in [-0.1, -0.05) is 35.3 Å². The van der Waals surface area contributed by atoms with E-state index in [-0.39, 0.29) is 17.5 Å². The largest absolute Gasteiger partial charge is 0.490 e. The minimum absolute atomic E-state index is 0.0465. The molecule has 3 N–H and O–H groups in total. The van der Waals surface area contributed by atoms with Gasteiger partial charge in [-0.3, -0.25) is 0 Å². The van der Waals surface area contributed by atoms with Crippen molar-refractivity contribution in [2.75, 3.05) is 26.2 Å². The van der Waals surface area contributed by atoms with Gasteiger partial charge in [-0.15, -0.1) is 0 Å². The molecule has 10 heteroatoms. The van der Waals surface area contributed by atoms with Crippen molar-refractivity contribution in [3.8, 4) is 5.75 Å². The number of halogens is 2. The number of likely N-dealkylation sites (tertiary alicyclic amines) is 1. The minimum atomic E-state index is -3.75. The Bertz CT molecular complexity index is 1010. The Morgan fingerprint density at radius 2 is 1.94 bits per heavy atom. The third-order valence-corrected chi connectivity index (χ3v) is 7.20. The van der Waals surface area contributed by atoms with Gasteiger partial charge in [0.2, 0.25) is 10.0 Å². The number of piperidine rings is 1. The van der Waals surface area contributed by atoms with Gasteiger partial charge in [-0.2, -0.15) is 0 Å². The van der Waals surface area contributed by atoms with Gasteiger partial charge in [0.15, 0.2) is 0 Å². The monoisotopic (exact) mass is 485 g/mol. The van der Waals surface area contributed by atoms with Gasteiger partial charge < -0.3 is 20.2 Å². The highest BCUT2D eigenvalue weighted by Crippen LogP contribution is 2.28. The molecule has 0 aliphatic carbocycles. The van der Waals surface area contributed by atoms with Crippen molar-refractivity contribution in [3.05, 3.63) is 58.1 Å². The van der Waals surface area contributed by atoms with Crippen LogP contribution in [0.25, 0.3) is 0 Å². The third-order valence-electron chi connectivity index (χ3n) is 5.04. The number of nitrogens with zero attached hydrogens (tertiary/aromatic N) is 1. The highest BCUT2D eigenvalue weighted by atomic mass is 35.5. The maximum absolute atomic E-state index is 12.4. The van der Waals surface area contributed by atoms with Gasteiger partial charge in [0.1, 0.15) is 11.9 Å². The van der Waals surface area contributed by atoms with E-state index in [1.807, 2.05) is 0 Å². The summed E-state index contributed by atoms with van der Waals surface area (Å²) in [6, 6.07) is 11.3. The molecule has 0 saturated carbocycles.